The summed E-state index contributed by atoms with van der Waals surface area (Å²) < 4.78 is 13.7. The fraction of sp³-hybridized carbons (Fsp3) is 0.148. The van der Waals surface area contributed by atoms with Gasteiger partial charge in [0.1, 0.15) is 32.5 Å². The van der Waals surface area contributed by atoms with Crippen molar-refractivity contribution in [2.24, 2.45) is 0 Å². The lowest BCUT2D eigenvalue weighted by Gasteiger charge is -2.14. The Morgan fingerprint density at radius 2 is 2.08 bits per heavy atom. The van der Waals surface area contributed by atoms with Crippen LogP contribution in [0.4, 0.5) is 5.00 Å². The van der Waals surface area contributed by atoms with Crippen molar-refractivity contribution in [1.29, 1.82) is 5.41 Å². The molecule has 6 heterocycles. The van der Waals surface area contributed by atoms with Gasteiger partial charge in [-0.15, -0.1) is 11.3 Å². The van der Waals surface area contributed by atoms with Crippen LogP contribution >= 0.6 is 22.7 Å². The van der Waals surface area contributed by atoms with E-state index in [1.807, 2.05) is 30.5 Å². The maximum atomic E-state index is 13.6. The summed E-state index contributed by atoms with van der Waals surface area (Å²) in [6.07, 6.45) is 3.18. The lowest BCUT2D eigenvalue weighted by Crippen LogP contribution is -2.28. The van der Waals surface area contributed by atoms with Crippen LogP contribution in [0.2, 0.25) is 0 Å². The van der Waals surface area contributed by atoms with E-state index in [9.17, 15) is 9.59 Å². The lowest BCUT2D eigenvalue weighted by molar-refractivity contribution is 0.0997. The number of methoxy groups -OCH3 is 1. The standard InChI is InChI=1S/C27H22N6O4S2/c1-15-7-8-20-29-23-17(27(35)33(20)14-15)13-16(22(28)32(23)9-11-36-2)25-30-21(19-6-4-12-38-19)26(39-25)31-24(34)18-5-3-10-37-18/h3-8,10,12-14,28H,9,11H2,1-2H3,(H,31,34). The highest BCUT2D eigenvalue weighted by atomic mass is 32.1. The summed E-state index contributed by atoms with van der Waals surface area (Å²) in [5.41, 5.74) is 2.74. The number of fused-ring (bicyclic) bond motifs is 2. The largest absolute Gasteiger partial charge is 0.459 e. The number of carbonyl (C=O) groups excluding carboxylic acids is 1. The minimum absolute atomic E-state index is 0.137. The lowest BCUT2D eigenvalue weighted by atomic mass is 10.2. The molecule has 2 N–H and O–H groups in total. The fourth-order valence-electron chi connectivity index (χ4n) is 4.28. The molecular weight excluding hydrogens is 536 g/mol. The molecular formula is C27H22N6O4S2. The third-order valence-corrected chi connectivity index (χ3v) is 8.04. The Morgan fingerprint density at radius 1 is 1.21 bits per heavy atom. The second-order valence-corrected chi connectivity index (χ2v) is 10.7. The number of nitrogens with zero attached hydrogens (tertiary/aromatic N) is 4. The first-order valence-electron chi connectivity index (χ1n) is 11.9. The summed E-state index contributed by atoms with van der Waals surface area (Å²) in [7, 11) is 1.58. The third-order valence-electron chi connectivity index (χ3n) is 6.16. The monoisotopic (exact) mass is 558 g/mol. The number of furan rings is 1. The molecule has 0 fully saturated rings. The molecule has 0 atom stereocenters. The molecule has 39 heavy (non-hydrogen) atoms. The van der Waals surface area contributed by atoms with Gasteiger partial charge in [0, 0.05) is 19.9 Å². The Morgan fingerprint density at radius 3 is 2.82 bits per heavy atom. The number of nitrogens with one attached hydrogen (secondary N) is 2. The van der Waals surface area contributed by atoms with E-state index in [0.29, 0.717) is 51.1 Å². The predicted molar refractivity (Wildman–Crippen MR) is 151 cm³/mol. The number of rotatable bonds is 7. The van der Waals surface area contributed by atoms with Crippen LogP contribution in [0.5, 0.6) is 0 Å². The van der Waals surface area contributed by atoms with Crippen LogP contribution in [0.25, 0.3) is 37.8 Å². The number of aromatic nitrogens is 4. The first-order chi connectivity index (χ1) is 18.9. The predicted octanol–water partition coefficient (Wildman–Crippen LogP) is 4.78. The number of carbonyl (C=O) groups is 1. The van der Waals surface area contributed by atoms with E-state index < -0.39 is 5.91 Å². The number of thiophene rings is 1. The van der Waals surface area contributed by atoms with Gasteiger partial charge in [-0.2, -0.15) is 0 Å². The van der Waals surface area contributed by atoms with Crippen LogP contribution in [0.1, 0.15) is 16.1 Å². The molecule has 0 saturated heterocycles. The molecule has 0 aliphatic rings. The van der Waals surface area contributed by atoms with E-state index in [-0.39, 0.29) is 16.8 Å². The minimum Gasteiger partial charge on any atom is -0.459 e. The fourth-order valence-corrected chi connectivity index (χ4v) is 6.06. The molecule has 0 spiro atoms. The first kappa shape index (κ1) is 24.9. The summed E-state index contributed by atoms with van der Waals surface area (Å²) in [6.45, 7) is 2.56. The van der Waals surface area contributed by atoms with Gasteiger partial charge in [-0.25, -0.2) is 9.97 Å². The highest BCUT2D eigenvalue weighted by molar-refractivity contribution is 7.20. The molecule has 0 aliphatic carbocycles. The minimum atomic E-state index is -0.406. The van der Waals surface area contributed by atoms with E-state index in [2.05, 4.69) is 5.32 Å². The van der Waals surface area contributed by atoms with E-state index in [4.69, 9.17) is 24.5 Å². The molecule has 196 valence electrons. The third kappa shape index (κ3) is 4.48. The van der Waals surface area contributed by atoms with Crippen molar-refractivity contribution in [3.8, 4) is 21.1 Å². The topological polar surface area (TPSA) is 128 Å². The quantitative estimate of drug-likeness (QED) is 0.272. The van der Waals surface area contributed by atoms with E-state index >= 15 is 0 Å². The molecule has 12 heteroatoms. The number of anilines is 1. The van der Waals surface area contributed by atoms with Crippen molar-refractivity contribution in [1.82, 2.24) is 18.9 Å². The zero-order chi connectivity index (χ0) is 27.1. The van der Waals surface area contributed by atoms with Gasteiger partial charge in [0.2, 0.25) is 0 Å². The second-order valence-electron chi connectivity index (χ2n) is 8.75. The number of hydrogen-bond acceptors (Lipinski definition) is 9. The Balaban J connectivity index is 1.58. The van der Waals surface area contributed by atoms with Crippen molar-refractivity contribution in [3.05, 3.63) is 87.5 Å². The molecule has 0 aliphatic heterocycles. The highest BCUT2D eigenvalue weighted by Gasteiger charge is 2.22. The van der Waals surface area contributed by atoms with Crippen LogP contribution in [0.15, 0.2) is 69.5 Å². The van der Waals surface area contributed by atoms with E-state index in [1.165, 1.54) is 33.3 Å². The van der Waals surface area contributed by atoms with Gasteiger partial charge in [-0.05, 0) is 48.2 Å². The zero-order valence-corrected chi connectivity index (χ0v) is 22.6. The van der Waals surface area contributed by atoms with E-state index in [1.54, 1.807) is 42.1 Å². The Labute approximate surface area is 229 Å². The number of thiazole rings is 1. The molecule has 10 nitrogen and oxygen atoms in total. The smallest absolute Gasteiger partial charge is 0.292 e. The van der Waals surface area contributed by atoms with Crippen LogP contribution in [0.3, 0.4) is 0 Å². The Hall–Kier alpha value is -4.39. The summed E-state index contributed by atoms with van der Waals surface area (Å²) in [5.74, 6) is -0.232. The summed E-state index contributed by atoms with van der Waals surface area (Å²) in [4.78, 5) is 36.9. The number of aryl methyl sites for hydroxylation is 1. The average molecular weight is 559 g/mol. The first-order valence-corrected chi connectivity index (χ1v) is 13.6. The van der Waals surface area contributed by atoms with Crippen molar-refractivity contribution >= 4 is 50.3 Å². The number of amides is 1. The molecule has 6 rings (SSSR count). The number of hydrogen-bond donors (Lipinski definition) is 2. The summed E-state index contributed by atoms with van der Waals surface area (Å²) in [6, 6.07) is 12.4. The second kappa shape index (κ2) is 10.1. The van der Waals surface area contributed by atoms with Gasteiger partial charge in [0.15, 0.2) is 5.76 Å². The van der Waals surface area contributed by atoms with Crippen molar-refractivity contribution in [2.75, 3.05) is 19.0 Å². The normalized spacial score (nSPS) is 11.4. The molecule has 0 aromatic carbocycles. The van der Waals surface area contributed by atoms with E-state index in [0.717, 1.165) is 10.4 Å². The van der Waals surface area contributed by atoms with Crippen molar-refractivity contribution in [3.63, 3.8) is 0 Å². The summed E-state index contributed by atoms with van der Waals surface area (Å²) >= 11 is 2.72. The zero-order valence-electron chi connectivity index (χ0n) is 20.9. The number of ether oxygens (including phenoxy) is 1. The highest BCUT2D eigenvalue weighted by Crippen LogP contribution is 2.39. The van der Waals surface area contributed by atoms with Gasteiger partial charge < -0.3 is 19.0 Å². The molecule has 0 saturated carbocycles. The Bertz CT molecular complexity index is 1950. The van der Waals surface area contributed by atoms with Gasteiger partial charge in [0.25, 0.3) is 11.5 Å². The Kier molecular flexibility index (Phi) is 6.43. The van der Waals surface area contributed by atoms with Crippen LogP contribution in [-0.2, 0) is 11.3 Å². The van der Waals surface area contributed by atoms with Crippen molar-refractivity contribution in [2.45, 2.75) is 13.5 Å². The molecule has 1 amide bonds. The van der Waals surface area contributed by atoms with Crippen LogP contribution < -0.4 is 16.4 Å². The van der Waals surface area contributed by atoms with Crippen LogP contribution in [0, 0.1) is 12.3 Å². The van der Waals surface area contributed by atoms with Crippen molar-refractivity contribution < 1.29 is 13.9 Å². The molecule has 0 unspecified atom stereocenters. The average Bonchev–Trinajstić information content (AvgIpc) is 3.71. The maximum absolute atomic E-state index is 13.6. The maximum Gasteiger partial charge on any atom is 0.292 e. The van der Waals surface area contributed by atoms with Gasteiger partial charge in [-0.1, -0.05) is 23.5 Å². The van der Waals surface area contributed by atoms with Gasteiger partial charge >= 0.3 is 0 Å². The molecule has 6 aromatic rings. The molecule has 0 radical (unpaired) electrons. The molecule has 0 bridgehead atoms. The number of pyridine rings is 2. The van der Waals surface area contributed by atoms with Gasteiger partial charge in [-0.3, -0.25) is 19.4 Å². The van der Waals surface area contributed by atoms with Gasteiger partial charge in [0.05, 0.1) is 28.7 Å². The van der Waals surface area contributed by atoms with Crippen LogP contribution in [-0.4, -0.2) is 38.6 Å². The SMILES string of the molecule is COCCn1c(=N)c(-c2nc(-c3cccs3)c(NC(=O)c3ccco3)s2)cc2c(=O)n3cc(C)ccc3nc21. The molecule has 6 aromatic heterocycles. The summed E-state index contributed by atoms with van der Waals surface area (Å²) in [5, 5.41) is 15.3.